The van der Waals surface area contributed by atoms with Gasteiger partial charge in [-0.15, -0.1) is 0 Å². The van der Waals surface area contributed by atoms with Crippen LogP contribution in [0.5, 0.6) is 0 Å². The molecule has 0 fully saturated rings. The standard InChI is InChI=1S/C19H18N2O3S/c1-13(14-8-4-3-5-9-14)21-18(23)15-10-6-7-11-16(15)20-19(21)25-12-17(22)24-2/h3-11,13H,12H2,1-2H3/t13-/m1/s1. The van der Waals surface area contributed by atoms with Gasteiger partial charge in [0, 0.05) is 0 Å². The first kappa shape index (κ1) is 17.2. The molecule has 3 aromatic rings. The van der Waals surface area contributed by atoms with Crippen molar-refractivity contribution in [2.24, 2.45) is 0 Å². The Morgan fingerprint density at radius 1 is 1.16 bits per heavy atom. The van der Waals surface area contributed by atoms with E-state index in [1.54, 1.807) is 16.7 Å². The van der Waals surface area contributed by atoms with Crippen molar-refractivity contribution in [3.63, 3.8) is 0 Å². The molecule has 25 heavy (non-hydrogen) atoms. The van der Waals surface area contributed by atoms with Crippen LogP contribution in [0.1, 0.15) is 18.5 Å². The number of hydrogen-bond donors (Lipinski definition) is 0. The van der Waals surface area contributed by atoms with Crippen molar-refractivity contribution in [2.45, 2.75) is 18.1 Å². The summed E-state index contributed by atoms with van der Waals surface area (Å²) in [4.78, 5) is 29.2. The Balaban J connectivity index is 2.14. The molecule has 0 spiro atoms. The van der Waals surface area contributed by atoms with Crippen LogP contribution < -0.4 is 5.56 Å². The molecular formula is C19H18N2O3S. The number of fused-ring (bicyclic) bond motifs is 1. The first-order valence-electron chi connectivity index (χ1n) is 7.87. The molecule has 1 heterocycles. The number of ether oxygens (including phenoxy) is 1. The summed E-state index contributed by atoms with van der Waals surface area (Å²) in [6.07, 6.45) is 0. The molecule has 1 atom stereocenters. The lowest BCUT2D eigenvalue weighted by Crippen LogP contribution is -2.27. The third-order valence-electron chi connectivity index (χ3n) is 3.99. The van der Waals surface area contributed by atoms with E-state index in [-0.39, 0.29) is 23.3 Å². The number of benzene rings is 2. The Kier molecular flexibility index (Phi) is 5.19. The lowest BCUT2D eigenvalue weighted by Gasteiger charge is -2.19. The molecule has 0 aliphatic heterocycles. The molecule has 0 aliphatic carbocycles. The second kappa shape index (κ2) is 7.53. The summed E-state index contributed by atoms with van der Waals surface area (Å²) in [5, 5.41) is 1.07. The van der Waals surface area contributed by atoms with E-state index in [1.807, 2.05) is 49.4 Å². The number of para-hydroxylation sites is 1. The number of esters is 1. The smallest absolute Gasteiger partial charge is 0.316 e. The number of aromatic nitrogens is 2. The van der Waals surface area contributed by atoms with E-state index >= 15 is 0 Å². The van der Waals surface area contributed by atoms with Crippen molar-refractivity contribution >= 4 is 28.6 Å². The Morgan fingerprint density at radius 3 is 2.56 bits per heavy atom. The highest BCUT2D eigenvalue weighted by Gasteiger charge is 2.18. The molecule has 1 aromatic heterocycles. The van der Waals surface area contributed by atoms with Crippen molar-refractivity contribution < 1.29 is 9.53 Å². The highest BCUT2D eigenvalue weighted by Crippen LogP contribution is 2.24. The van der Waals surface area contributed by atoms with Crippen molar-refractivity contribution in [1.29, 1.82) is 0 Å². The maximum absolute atomic E-state index is 13.1. The minimum absolute atomic E-state index is 0.1000. The summed E-state index contributed by atoms with van der Waals surface area (Å²) in [5.41, 5.74) is 1.51. The van der Waals surface area contributed by atoms with Crippen LogP contribution in [0.15, 0.2) is 64.5 Å². The fourth-order valence-corrected chi connectivity index (χ4v) is 3.54. The van der Waals surface area contributed by atoms with Gasteiger partial charge < -0.3 is 4.74 Å². The van der Waals surface area contributed by atoms with E-state index in [2.05, 4.69) is 4.98 Å². The second-order valence-electron chi connectivity index (χ2n) is 5.54. The SMILES string of the molecule is COC(=O)CSc1nc2ccccc2c(=O)n1[C@H](C)c1ccccc1. The van der Waals surface area contributed by atoms with Crippen LogP contribution in [0.2, 0.25) is 0 Å². The van der Waals surface area contributed by atoms with Crippen molar-refractivity contribution in [2.75, 3.05) is 12.9 Å². The maximum Gasteiger partial charge on any atom is 0.316 e. The molecule has 0 bridgehead atoms. The Bertz CT molecular complexity index is 954. The van der Waals surface area contributed by atoms with Crippen molar-refractivity contribution in [3.05, 3.63) is 70.5 Å². The summed E-state index contributed by atoms with van der Waals surface area (Å²) in [6.45, 7) is 1.95. The molecule has 0 radical (unpaired) electrons. The van der Waals surface area contributed by atoms with E-state index < -0.39 is 0 Å². The van der Waals surface area contributed by atoms with Gasteiger partial charge in [-0.2, -0.15) is 0 Å². The van der Waals surface area contributed by atoms with Crippen LogP contribution in [0.25, 0.3) is 10.9 Å². The zero-order valence-corrected chi connectivity index (χ0v) is 14.8. The van der Waals surface area contributed by atoms with Crippen molar-refractivity contribution in [1.82, 2.24) is 9.55 Å². The summed E-state index contributed by atoms with van der Waals surface area (Å²) >= 11 is 1.21. The van der Waals surface area contributed by atoms with Gasteiger partial charge in [-0.25, -0.2) is 4.98 Å². The van der Waals surface area contributed by atoms with E-state index in [4.69, 9.17) is 4.74 Å². The van der Waals surface area contributed by atoms with Gasteiger partial charge in [-0.05, 0) is 24.6 Å². The van der Waals surface area contributed by atoms with Crippen molar-refractivity contribution in [3.8, 4) is 0 Å². The zero-order chi connectivity index (χ0) is 17.8. The lowest BCUT2D eigenvalue weighted by atomic mass is 10.1. The lowest BCUT2D eigenvalue weighted by molar-refractivity contribution is -0.137. The van der Waals surface area contributed by atoms with Gasteiger partial charge in [-0.3, -0.25) is 14.2 Å². The molecule has 0 saturated heterocycles. The molecule has 0 unspecified atom stereocenters. The molecule has 6 heteroatoms. The Morgan fingerprint density at radius 2 is 1.84 bits per heavy atom. The number of rotatable bonds is 5. The van der Waals surface area contributed by atoms with Crippen LogP contribution in [0.4, 0.5) is 0 Å². The van der Waals surface area contributed by atoms with Gasteiger partial charge in [0.05, 0.1) is 29.8 Å². The largest absolute Gasteiger partial charge is 0.468 e. The monoisotopic (exact) mass is 354 g/mol. The molecule has 0 aliphatic rings. The molecule has 128 valence electrons. The van der Waals surface area contributed by atoms with E-state index in [1.165, 1.54) is 18.9 Å². The van der Waals surface area contributed by atoms with Gasteiger partial charge >= 0.3 is 5.97 Å². The number of thioether (sulfide) groups is 1. The predicted molar refractivity (Wildman–Crippen MR) is 99.0 cm³/mol. The highest BCUT2D eigenvalue weighted by molar-refractivity contribution is 7.99. The van der Waals surface area contributed by atoms with E-state index in [0.29, 0.717) is 16.1 Å². The highest BCUT2D eigenvalue weighted by atomic mass is 32.2. The summed E-state index contributed by atoms with van der Waals surface area (Å²) in [6, 6.07) is 16.8. The molecule has 2 aromatic carbocycles. The quantitative estimate of drug-likeness (QED) is 0.400. The molecule has 0 N–H and O–H groups in total. The number of methoxy groups -OCH3 is 1. The van der Waals surface area contributed by atoms with Crippen LogP contribution in [0, 0.1) is 0 Å². The summed E-state index contributed by atoms with van der Waals surface area (Å²) < 4.78 is 6.34. The molecule has 3 rings (SSSR count). The van der Waals surface area contributed by atoms with Gasteiger partial charge in [-0.1, -0.05) is 54.2 Å². The Labute approximate surface area is 149 Å². The van der Waals surface area contributed by atoms with Crippen LogP contribution in [-0.4, -0.2) is 28.4 Å². The van der Waals surface area contributed by atoms with Crippen LogP contribution >= 0.6 is 11.8 Å². The first-order chi connectivity index (χ1) is 12.1. The number of carbonyl (C=O) groups excluding carboxylic acids is 1. The molecular weight excluding hydrogens is 336 g/mol. The Hall–Kier alpha value is -2.60. The van der Waals surface area contributed by atoms with Crippen LogP contribution in [-0.2, 0) is 9.53 Å². The summed E-state index contributed by atoms with van der Waals surface area (Å²) in [7, 11) is 1.34. The van der Waals surface area contributed by atoms with E-state index in [9.17, 15) is 9.59 Å². The van der Waals surface area contributed by atoms with Gasteiger partial charge in [0.1, 0.15) is 0 Å². The average molecular weight is 354 g/mol. The average Bonchev–Trinajstić information content (AvgIpc) is 2.66. The third-order valence-corrected chi connectivity index (χ3v) is 4.92. The molecule has 0 amide bonds. The number of hydrogen-bond acceptors (Lipinski definition) is 5. The minimum Gasteiger partial charge on any atom is -0.468 e. The molecule has 5 nitrogen and oxygen atoms in total. The fourth-order valence-electron chi connectivity index (χ4n) is 2.63. The normalized spacial score (nSPS) is 12.1. The number of nitrogens with zero attached hydrogens (tertiary/aromatic N) is 2. The maximum atomic E-state index is 13.1. The summed E-state index contributed by atoms with van der Waals surface area (Å²) in [5.74, 6) is -0.255. The van der Waals surface area contributed by atoms with E-state index in [0.717, 1.165) is 5.56 Å². The third kappa shape index (κ3) is 3.58. The van der Waals surface area contributed by atoms with Gasteiger partial charge in [0.15, 0.2) is 5.16 Å². The fraction of sp³-hybridized carbons (Fsp3) is 0.211. The van der Waals surface area contributed by atoms with Gasteiger partial charge in [0.25, 0.3) is 5.56 Å². The zero-order valence-electron chi connectivity index (χ0n) is 14.0. The topological polar surface area (TPSA) is 61.2 Å². The predicted octanol–water partition coefficient (Wildman–Crippen LogP) is 3.27. The molecule has 0 saturated carbocycles. The van der Waals surface area contributed by atoms with Gasteiger partial charge in [0.2, 0.25) is 0 Å². The second-order valence-corrected chi connectivity index (χ2v) is 6.48. The first-order valence-corrected chi connectivity index (χ1v) is 8.86. The van der Waals surface area contributed by atoms with Crippen LogP contribution in [0.3, 0.4) is 0 Å². The minimum atomic E-state index is -0.355. The number of carbonyl (C=O) groups is 1.